The first-order valence-electron chi connectivity index (χ1n) is 6.31. The third-order valence-corrected chi connectivity index (χ3v) is 3.62. The fourth-order valence-corrected chi connectivity index (χ4v) is 2.58. The van der Waals surface area contributed by atoms with Gasteiger partial charge in [-0.15, -0.1) is 5.10 Å². The highest BCUT2D eigenvalue weighted by atomic mass is 15.5. The van der Waals surface area contributed by atoms with Crippen LogP contribution in [0.2, 0.25) is 0 Å². The lowest BCUT2D eigenvalue weighted by Gasteiger charge is -2.10. The third kappa shape index (κ3) is 2.40. The Balaban J connectivity index is 2.00. The molecular weight excluding hydrogens is 202 g/mol. The molecule has 0 aromatic carbocycles. The highest BCUT2D eigenvalue weighted by Gasteiger charge is 2.28. The first-order chi connectivity index (χ1) is 7.85. The molecule has 1 aliphatic carbocycles. The second-order valence-corrected chi connectivity index (χ2v) is 4.69. The van der Waals surface area contributed by atoms with Gasteiger partial charge in [0.05, 0.1) is 0 Å². The predicted molar refractivity (Wildman–Crippen MR) is 61.9 cm³/mol. The molecule has 0 saturated heterocycles. The molecule has 2 atom stereocenters. The Kier molecular flexibility index (Phi) is 3.88. The minimum Gasteiger partial charge on any atom is -0.330 e. The quantitative estimate of drug-likeness (QED) is 0.817. The molecule has 2 N–H and O–H groups in total. The molecule has 1 aliphatic rings. The smallest absolute Gasteiger partial charge is 0.154 e. The first kappa shape index (κ1) is 11.5. The van der Waals surface area contributed by atoms with Crippen LogP contribution in [-0.4, -0.2) is 26.8 Å². The van der Waals surface area contributed by atoms with Gasteiger partial charge in [0.15, 0.2) is 5.82 Å². The average molecular weight is 223 g/mol. The summed E-state index contributed by atoms with van der Waals surface area (Å²) in [5.74, 6) is 2.51. The molecule has 0 aliphatic heterocycles. The van der Waals surface area contributed by atoms with Crippen molar-refractivity contribution in [3.8, 4) is 0 Å². The molecule has 0 spiro atoms. The highest BCUT2D eigenvalue weighted by molar-refractivity contribution is 4.98. The van der Waals surface area contributed by atoms with E-state index >= 15 is 0 Å². The molecule has 2 unspecified atom stereocenters. The van der Waals surface area contributed by atoms with Gasteiger partial charge in [0.2, 0.25) is 0 Å². The minimum atomic E-state index is 0.567. The molecule has 0 amide bonds. The van der Waals surface area contributed by atoms with Crippen LogP contribution in [0.5, 0.6) is 0 Å². The lowest BCUT2D eigenvalue weighted by molar-refractivity contribution is 0.489. The molecule has 1 saturated carbocycles. The van der Waals surface area contributed by atoms with Crippen molar-refractivity contribution < 1.29 is 0 Å². The zero-order valence-electron chi connectivity index (χ0n) is 9.97. The van der Waals surface area contributed by atoms with E-state index in [2.05, 4.69) is 22.4 Å². The van der Waals surface area contributed by atoms with E-state index < -0.39 is 0 Å². The average Bonchev–Trinajstić information content (AvgIpc) is 2.94. The first-order valence-corrected chi connectivity index (χ1v) is 6.31. The Morgan fingerprint density at radius 2 is 2.31 bits per heavy atom. The van der Waals surface area contributed by atoms with Crippen LogP contribution >= 0.6 is 0 Å². The maximum atomic E-state index is 5.51. The normalized spacial score (nSPS) is 25.1. The van der Waals surface area contributed by atoms with E-state index in [0.717, 1.165) is 24.7 Å². The molecule has 16 heavy (non-hydrogen) atoms. The highest BCUT2D eigenvalue weighted by Crippen LogP contribution is 2.38. The van der Waals surface area contributed by atoms with Crippen LogP contribution in [0.25, 0.3) is 0 Å². The van der Waals surface area contributed by atoms with Crippen LogP contribution in [0.1, 0.15) is 50.8 Å². The molecule has 1 heterocycles. The maximum absolute atomic E-state index is 5.51. The number of rotatable bonds is 5. The number of hydrogen-bond donors (Lipinski definition) is 1. The van der Waals surface area contributed by atoms with E-state index in [4.69, 9.17) is 5.73 Å². The van der Waals surface area contributed by atoms with Crippen LogP contribution in [0, 0.1) is 5.92 Å². The van der Waals surface area contributed by atoms with Gasteiger partial charge in [0, 0.05) is 12.5 Å². The number of aromatic nitrogens is 4. The summed E-state index contributed by atoms with van der Waals surface area (Å²) in [6.07, 6.45) is 6.04. The fourth-order valence-electron chi connectivity index (χ4n) is 2.58. The Labute approximate surface area is 96.4 Å². The van der Waals surface area contributed by atoms with Gasteiger partial charge in [-0.2, -0.15) is 0 Å². The van der Waals surface area contributed by atoms with Crippen LogP contribution < -0.4 is 5.73 Å². The summed E-state index contributed by atoms with van der Waals surface area (Å²) in [6.45, 7) is 3.82. The zero-order chi connectivity index (χ0) is 11.4. The monoisotopic (exact) mass is 223 g/mol. The molecule has 90 valence electrons. The molecule has 1 aromatic heterocycles. The van der Waals surface area contributed by atoms with E-state index in [1.165, 1.54) is 25.7 Å². The molecule has 0 bridgehead atoms. The Morgan fingerprint density at radius 1 is 1.44 bits per heavy atom. The molecule has 5 nitrogen and oxygen atoms in total. The van der Waals surface area contributed by atoms with Gasteiger partial charge in [0.1, 0.15) is 0 Å². The second kappa shape index (κ2) is 5.39. The van der Waals surface area contributed by atoms with Crippen molar-refractivity contribution in [1.82, 2.24) is 20.2 Å². The van der Waals surface area contributed by atoms with Crippen molar-refractivity contribution in [1.29, 1.82) is 0 Å². The number of nitrogens with two attached hydrogens (primary N) is 1. The maximum Gasteiger partial charge on any atom is 0.154 e. The summed E-state index contributed by atoms with van der Waals surface area (Å²) < 4.78 is 1.94. The van der Waals surface area contributed by atoms with E-state index in [-0.39, 0.29) is 0 Å². The van der Waals surface area contributed by atoms with Crippen molar-refractivity contribution >= 4 is 0 Å². The van der Waals surface area contributed by atoms with E-state index in [9.17, 15) is 0 Å². The number of tetrazole rings is 1. The summed E-state index contributed by atoms with van der Waals surface area (Å²) in [4.78, 5) is 0. The summed E-state index contributed by atoms with van der Waals surface area (Å²) >= 11 is 0. The van der Waals surface area contributed by atoms with Gasteiger partial charge in [-0.25, -0.2) is 4.68 Å². The van der Waals surface area contributed by atoms with E-state index in [1.807, 2.05) is 4.68 Å². The van der Waals surface area contributed by atoms with Crippen molar-refractivity contribution in [3.05, 3.63) is 5.82 Å². The lowest BCUT2D eigenvalue weighted by Crippen LogP contribution is -2.12. The van der Waals surface area contributed by atoms with Crippen molar-refractivity contribution in [2.75, 3.05) is 6.54 Å². The third-order valence-electron chi connectivity index (χ3n) is 3.62. The Bertz CT molecular complexity index is 322. The van der Waals surface area contributed by atoms with Gasteiger partial charge in [0.25, 0.3) is 0 Å². The largest absolute Gasteiger partial charge is 0.330 e. The summed E-state index contributed by atoms with van der Waals surface area (Å²) in [6, 6.07) is 0. The van der Waals surface area contributed by atoms with Crippen molar-refractivity contribution in [2.24, 2.45) is 11.7 Å². The van der Waals surface area contributed by atoms with Gasteiger partial charge < -0.3 is 5.73 Å². The van der Waals surface area contributed by atoms with E-state index in [1.54, 1.807) is 0 Å². The molecule has 0 radical (unpaired) electrons. The van der Waals surface area contributed by atoms with Crippen molar-refractivity contribution in [3.63, 3.8) is 0 Å². The fraction of sp³-hybridized carbons (Fsp3) is 0.909. The van der Waals surface area contributed by atoms with Crippen LogP contribution in [0.3, 0.4) is 0 Å². The lowest BCUT2D eigenvalue weighted by atomic mass is 10.0. The standard InChI is InChI=1S/C11H21N5/c1-2-9-4-5-10(8-9)11-13-14-15-16(11)7-3-6-12/h9-10H,2-8,12H2,1H3. The van der Waals surface area contributed by atoms with Gasteiger partial charge in [-0.1, -0.05) is 13.3 Å². The van der Waals surface area contributed by atoms with Crippen LogP contribution in [0.15, 0.2) is 0 Å². The summed E-state index contributed by atoms with van der Waals surface area (Å²) in [5, 5.41) is 12.0. The Hall–Kier alpha value is -0.970. The Morgan fingerprint density at radius 3 is 3.00 bits per heavy atom. The predicted octanol–water partition coefficient (Wildman–Crippen LogP) is 1.32. The number of aryl methyl sites for hydroxylation is 1. The molecule has 5 heteroatoms. The molecule has 1 aromatic rings. The topological polar surface area (TPSA) is 69.6 Å². The van der Waals surface area contributed by atoms with Crippen molar-refractivity contribution in [2.45, 2.75) is 51.5 Å². The minimum absolute atomic E-state index is 0.567. The van der Waals surface area contributed by atoms with Gasteiger partial charge in [-0.3, -0.25) is 0 Å². The van der Waals surface area contributed by atoms with Gasteiger partial charge in [-0.05, 0) is 48.6 Å². The van der Waals surface area contributed by atoms with E-state index in [0.29, 0.717) is 12.5 Å². The number of hydrogen-bond acceptors (Lipinski definition) is 4. The second-order valence-electron chi connectivity index (χ2n) is 4.69. The molecule has 2 rings (SSSR count). The SMILES string of the molecule is CCC1CCC(c2nnnn2CCCN)C1. The zero-order valence-corrected chi connectivity index (χ0v) is 9.97. The van der Waals surface area contributed by atoms with Crippen LogP contribution in [-0.2, 0) is 6.54 Å². The number of nitrogens with zero attached hydrogens (tertiary/aromatic N) is 4. The summed E-state index contributed by atoms with van der Waals surface area (Å²) in [5.41, 5.74) is 5.51. The van der Waals surface area contributed by atoms with Gasteiger partial charge >= 0.3 is 0 Å². The summed E-state index contributed by atoms with van der Waals surface area (Å²) in [7, 11) is 0. The molecule has 1 fully saturated rings. The molecular formula is C11H21N5. The van der Waals surface area contributed by atoms with Crippen LogP contribution in [0.4, 0.5) is 0 Å².